The highest BCUT2D eigenvalue weighted by molar-refractivity contribution is 7.98. The molecular formula is C22H18FN3OS. The fraction of sp³-hybridized carbons (Fsp3) is 0.0909. The molecule has 1 heterocycles. The topological polar surface area (TPSA) is 57.8 Å². The molecule has 0 fully saturated rings. The van der Waals surface area contributed by atoms with Gasteiger partial charge < -0.3 is 10.3 Å². The first-order valence-corrected chi connectivity index (χ1v) is 9.86. The number of carbonyl (C=O) groups is 1. The van der Waals surface area contributed by atoms with Crippen LogP contribution in [0, 0.1) is 5.82 Å². The Hall–Kier alpha value is -3.12. The molecule has 0 aliphatic heterocycles. The van der Waals surface area contributed by atoms with Gasteiger partial charge in [-0.05, 0) is 41.5 Å². The number of H-pyrrole nitrogens is 1. The maximum atomic E-state index is 13.0. The van der Waals surface area contributed by atoms with Gasteiger partial charge in [0, 0.05) is 17.9 Å². The predicted octanol–water partition coefficient (Wildman–Crippen LogP) is 4.92. The first-order valence-electron chi connectivity index (χ1n) is 8.87. The molecule has 0 spiro atoms. The van der Waals surface area contributed by atoms with E-state index in [0.29, 0.717) is 17.9 Å². The van der Waals surface area contributed by atoms with Crippen molar-refractivity contribution in [3.8, 4) is 0 Å². The van der Waals surface area contributed by atoms with Crippen LogP contribution >= 0.6 is 11.8 Å². The number of fused-ring (bicyclic) bond motifs is 1. The minimum atomic E-state index is -0.289. The Balaban J connectivity index is 1.43. The molecule has 6 heteroatoms. The highest BCUT2D eigenvalue weighted by Gasteiger charge is 2.12. The van der Waals surface area contributed by atoms with Crippen LogP contribution in [0.1, 0.15) is 21.5 Å². The second-order valence-corrected chi connectivity index (χ2v) is 7.28. The van der Waals surface area contributed by atoms with Gasteiger partial charge in [0.05, 0.1) is 11.0 Å². The van der Waals surface area contributed by atoms with Crippen LogP contribution in [0.4, 0.5) is 4.39 Å². The lowest BCUT2D eigenvalue weighted by molar-refractivity contribution is 0.0950. The second kappa shape index (κ2) is 8.27. The molecular weight excluding hydrogens is 373 g/mol. The minimum Gasteiger partial charge on any atom is -0.348 e. The lowest BCUT2D eigenvalue weighted by Crippen LogP contribution is -2.23. The third kappa shape index (κ3) is 4.23. The molecule has 3 aromatic carbocycles. The smallest absolute Gasteiger partial charge is 0.251 e. The van der Waals surface area contributed by atoms with Gasteiger partial charge in [-0.25, -0.2) is 9.37 Å². The molecule has 0 aliphatic rings. The zero-order valence-electron chi connectivity index (χ0n) is 15.0. The van der Waals surface area contributed by atoms with Gasteiger partial charge in [-0.1, -0.05) is 54.2 Å². The Morgan fingerprint density at radius 2 is 1.75 bits per heavy atom. The summed E-state index contributed by atoms with van der Waals surface area (Å²) < 4.78 is 13.0. The molecule has 1 amide bonds. The standard InChI is InChI=1S/C22H18FN3OS/c23-17-11-9-15(10-12-17)13-24-21(27)18-6-2-1-5-16(18)14-28-22-25-19-7-3-4-8-20(19)26-22/h1-12H,13-14H2,(H,24,27)(H,25,26). The van der Waals surface area contributed by atoms with E-state index in [9.17, 15) is 9.18 Å². The fourth-order valence-electron chi connectivity index (χ4n) is 2.89. The van der Waals surface area contributed by atoms with E-state index in [1.54, 1.807) is 23.9 Å². The summed E-state index contributed by atoms with van der Waals surface area (Å²) in [5.74, 6) is 0.188. The van der Waals surface area contributed by atoms with Gasteiger partial charge in [-0.2, -0.15) is 0 Å². The Labute approximate surface area is 166 Å². The average molecular weight is 391 g/mol. The number of carbonyl (C=O) groups excluding carboxylic acids is 1. The van der Waals surface area contributed by atoms with Gasteiger partial charge in [-0.3, -0.25) is 4.79 Å². The molecule has 2 N–H and O–H groups in total. The van der Waals surface area contributed by atoms with Crippen molar-refractivity contribution in [3.05, 3.63) is 95.3 Å². The summed E-state index contributed by atoms with van der Waals surface area (Å²) in [7, 11) is 0. The molecule has 0 aliphatic carbocycles. The number of nitrogens with one attached hydrogen (secondary N) is 2. The maximum absolute atomic E-state index is 13.0. The van der Waals surface area contributed by atoms with Crippen LogP contribution in [0.5, 0.6) is 0 Å². The molecule has 0 radical (unpaired) electrons. The van der Waals surface area contributed by atoms with Crippen molar-refractivity contribution < 1.29 is 9.18 Å². The van der Waals surface area contributed by atoms with Crippen LogP contribution in [-0.4, -0.2) is 15.9 Å². The molecule has 0 unspecified atom stereocenters. The van der Waals surface area contributed by atoms with Gasteiger partial charge in [0.1, 0.15) is 5.82 Å². The number of benzene rings is 3. The SMILES string of the molecule is O=C(NCc1ccc(F)cc1)c1ccccc1CSc1nc2ccccc2[nH]1. The van der Waals surface area contributed by atoms with E-state index in [0.717, 1.165) is 27.3 Å². The summed E-state index contributed by atoms with van der Waals surface area (Å²) in [5, 5.41) is 3.72. The third-order valence-electron chi connectivity index (χ3n) is 4.36. The zero-order valence-corrected chi connectivity index (χ0v) is 15.8. The third-order valence-corrected chi connectivity index (χ3v) is 5.28. The predicted molar refractivity (Wildman–Crippen MR) is 110 cm³/mol. The summed E-state index contributed by atoms with van der Waals surface area (Å²) in [6.07, 6.45) is 0. The monoisotopic (exact) mass is 391 g/mol. The summed E-state index contributed by atoms with van der Waals surface area (Å²) in [6, 6.07) is 21.5. The van der Waals surface area contributed by atoms with Crippen LogP contribution in [-0.2, 0) is 12.3 Å². The second-order valence-electron chi connectivity index (χ2n) is 6.31. The Kier molecular flexibility index (Phi) is 5.39. The Bertz CT molecular complexity index is 1080. The van der Waals surface area contributed by atoms with E-state index in [1.165, 1.54) is 12.1 Å². The van der Waals surface area contributed by atoms with Crippen molar-refractivity contribution in [2.45, 2.75) is 17.5 Å². The van der Waals surface area contributed by atoms with Crippen LogP contribution in [0.3, 0.4) is 0 Å². The highest BCUT2D eigenvalue weighted by atomic mass is 32.2. The number of nitrogens with zero attached hydrogens (tertiary/aromatic N) is 1. The van der Waals surface area contributed by atoms with Gasteiger partial charge in [-0.15, -0.1) is 0 Å². The van der Waals surface area contributed by atoms with E-state index in [4.69, 9.17) is 0 Å². The Morgan fingerprint density at radius 3 is 2.57 bits per heavy atom. The number of amides is 1. The lowest BCUT2D eigenvalue weighted by atomic mass is 10.1. The van der Waals surface area contributed by atoms with Crippen LogP contribution in [0.25, 0.3) is 11.0 Å². The molecule has 1 aromatic heterocycles. The summed E-state index contributed by atoms with van der Waals surface area (Å²) >= 11 is 1.56. The van der Waals surface area contributed by atoms with Crippen LogP contribution < -0.4 is 5.32 Å². The van der Waals surface area contributed by atoms with Gasteiger partial charge in [0.25, 0.3) is 5.91 Å². The van der Waals surface area contributed by atoms with Gasteiger partial charge >= 0.3 is 0 Å². The van der Waals surface area contributed by atoms with Crippen molar-refractivity contribution in [3.63, 3.8) is 0 Å². The van der Waals surface area contributed by atoms with E-state index < -0.39 is 0 Å². The number of rotatable bonds is 6. The molecule has 4 aromatic rings. The molecule has 140 valence electrons. The van der Waals surface area contributed by atoms with E-state index in [-0.39, 0.29) is 11.7 Å². The largest absolute Gasteiger partial charge is 0.348 e. The highest BCUT2D eigenvalue weighted by Crippen LogP contribution is 2.24. The first-order chi connectivity index (χ1) is 13.7. The summed E-state index contributed by atoms with van der Waals surface area (Å²) in [4.78, 5) is 20.5. The van der Waals surface area contributed by atoms with Crippen molar-refractivity contribution in [1.82, 2.24) is 15.3 Å². The molecule has 28 heavy (non-hydrogen) atoms. The lowest BCUT2D eigenvalue weighted by Gasteiger charge is -2.10. The number of halogens is 1. The van der Waals surface area contributed by atoms with E-state index in [2.05, 4.69) is 15.3 Å². The van der Waals surface area contributed by atoms with Crippen molar-refractivity contribution in [1.29, 1.82) is 0 Å². The van der Waals surface area contributed by atoms with Crippen molar-refractivity contribution in [2.75, 3.05) is 0 Å². The molecule has 0 atom stereocenters. The van der Waals surface area contributed by atoms with Crippen molar-refractivity contribution >= 4 is 28.7 Å². The Morgan fingerprint density at radius 1 is 1.00 bits per heavy atom. The zero-order chi connectivity index (χ0) is 19.3. The van der Waals surface area contributed by atoms with E-state index >= 15 is 0 Å². The van der Waals surface area contributed by atoms with Crippen LogP contribution in [0.15, 0.2) is 78.0 Å². The van der Waals surface area contributed by atoms with Crippen molar-refractivity contribution in [2.24, 2.45) is 0 Å². The molecule has 4 nitrogen and oxygen atoms in total. The van der Waals surface area contributed by atoms with E-state index in [1.807, 2.05) is 48.5 Å². The number of hydrogen-bond acceptors (Lipinski definition) is 3. The number of para-hydroxylation sites is 2. The fourth-order valence-corrected chi connectivity index (χ4v) is 3.78. The quantitative estimate of drug-likeness (QED) is 0.459. The number of aromatic nitrogens is 2. The average Bonchev–Trinajstić information content (AvgIpc) is 3.15. The molecule has 0 saturated heterocycles. The van der Waals surface area contributed by atoms with Gasteiger partial charge in [0.2, 0.25) is 0 Å². The number of thioether (sulfide) groups is 1. The number of imidazole rings is 1. The van der Waals surface area contributed by atoms with Crippen LogP contribution in [0.2, 0.25) is 0 Å². The minimum absolute atomic E-state index is 0.148. The summed E-state index contributed by atoms with van der Waals surface area (Å²) in [5.41, 5.74) is 4.34. The molecule has 0 bridgehead atoms. The number of hydrogen-bond donors (Lipinski definition) is 2. The summed E-state index contributed by atoms with van der Waals surface area (Å²) in [6.45, 7) is 0.351. The molecule has 0 saturated carbocycles. The normalized spacial score (nSPS) is 10.9. The number of aromatic amines is 1. The first kappa shape index (κ1) is 18.3. The molecule has 4 rings (SSSR count). The maximum Gasteiger partial charge on any atom is 0.251 e. The van der Waals surface area contributed by atoms with Gasteiger partial charge in [0.15, 0.2) is 5.16 Å².